The molecule has 0 nitrogen and oxygen atoms in total. The van der Waals surface area contributed by atoms with Crippen molar-refractivity contribution in [1.29, 1.82) is 0 Å². The van der Waals surface area contributed by atoms with E-state index in [-0.39, 0.29) is 6.04 Å². The van der Waals surface area contributed by atoms with Gasteiger partial charge in [0.2, 0.25) is 0 Å². The summed E-state index contributed by atoms with van der Waals surface area (Å²) in [5, 5.41) is 1.28. The molecule has 0 radical (unpaired) electrons. The summed E-state index contributed by atoms with van der Waals surface area (Å²) in [5.74, 6) is 0. The zero-order valence-electron chi connectivity index (χ0n) is 7.85. The molecule has 0 aromatic heterocycles. The minimum absolute atomic E-state index is 0.176. The Morgan fingerprint density at radius 3 is 1.50 bits per heavy atom. The van der Waals surface area contributed by atoms with Crippen LogP contribution in [0.4, 0.5) is 0 Å². The lowest BCUT2D eigenvalue weighted by atomic mass is 10.1. The van der Waals surface area contributed by atoms with E-state index in [9.17, 15) is 0 Å². The molecule has 0 amide bonds. The lowest BCUT2D eigenvalue weighted by Crippen LogP contribution is -2.15. The first kappa shape index (κ1) is 15.5. The molecular weight excluding hydrogens is 372 g/mol. The van der Waals surface area contributed by atoms with E-state index in [1.54, 1.807) is 6.92 Å². The maximum absolute atomic E-state index is 6.05. The van der Waals surface area contributed by atoms with Crippen LogP contribution in [0.15, 0.2) is 0 Å². The lowest BCUT2D eigenvalue weighted by Gasteiger charge is -2.15. The predicted molar refractivity (Wildman–Crippen MR) is 78.2 cm³/mol. The number of benzene rings is 1. The topological polar surface area (TPSA) is 0 Å². The number of hydrogen-bond acceptors (Lipinski definition) is 0. The number of hydrogen-bond donors (Lipinski definition) is 0. The highest BCUT2D eigenvalue weighted by Gasteiger charge is 2.30. The van der Waals surface area contributed by atoms with Gasteiger partial charge in [0, 0.05) is 6.04 Å². The molecule has 0 spiro atoms. The van der Waals surface area contributed by atoms with E-state index in [4.69, 9.17) is 79.6 Å². The van der Waals surface area contributed by atoms with Gasteiger partial charge in [-0.2, -0.15) is 0 Å². The molecule has 0 atom stereocenters. The minimum Gasteiger partial charge on any atom is -0.126 e. The molecule has 0 fully saturated rings. The first-order valence-corrected chi connectivity index (χ1v) is 10.8. The van der Waals surface area contributed by atoms with Crippen LogP contribution in [0.25, 0.3) is 0 Å². The van der Waals surface area contributed by atoms with Crippen molar-refractivity contribution in [3.8, 4) is 0 Å². The van der Waals surface area contributed by atoms with Crippen molar-refractivity contribution in [1.82, 2.24) is 0 Å². The quantitative estimate of drug-likeness (QED) is 0.320. The third-order valence-electron chi connectivity index (χ3n) is 1.95. The summed E-state index contributed by atoms with van der Waals surface area (Å²) >= 11 is 41.6. The van der Waals surface area contributed by atoms with Crippen LogP contribution >= 0.6 is 79.6 Å². The van der Waals surface area contributed by atoms with E-state index in [1.807, 2.05) is 0 Å². The monoisotopic (exact) mass is 374 g/mol. The predicted octanol–water partition coefficient (Wildman–Crippen LogP) is 6.35. The Morgan fingerprint density at radius 2 is 1.19 bits per heavy atom. The molecule has 1 aromatic carbocycles. The standard InChI is InChI=1S/C8H5Cl7Si/c1-3-5(9)7(11)4(2-16(13,14)15)8(12)6(3)10/h2H2,1H3. The summed E-state index contributed by atoms with van der Waals surface area (Å²) in [4.78, 5) is 0. The summed E-state index contributed by atoms with van der Waals surface area (Å²) in [6.07, 6.45) is 0. The molecule has 0 heterocycles. The van der Waals surface area contributed by atoms with E-state index in [0.29, 0.717) is 31.2 Å². The largest absolute Gasteiger partial charge is 0.345 e. The lowest BCUT2D eigenvalue weighted by molar-refractivity contribution is 1.34. The smallest absolute Gasteiger partial charge is 0.126 e. The second kappa shape index (κ2) is 5.62. The van der Waals surface area contributed by atoms with Gasteiger partial charge in [-0.1, -0.05) is 46.4 Å². The Balaban J connectivity index is 3.40. The normalized spacial score (nSPS) is 12.0. The maximum atomic E-state index is 6.05. The van der Waals surface area contributed by atoms with Gasteiger partial charge in [0.25, 0.3) is 0 Å². The van der Waals surface area contributed by atoms with Gasteiger partial charge < -0.3 is 0 Å². The van der Waals surface area contributed by atoms with E-state index in [2.05, 4.69) is 0 Å². The van der Waals surface area contributed by atoms with Crippen molar-refractivity contribution in [2.24, 2.45) is 0 Å². The Hall–Kier alpha value is 1.47. The van der Waals surface area contributed by atoms with Gasteiger partial charge in [-0.05, 0) is 18.1 Å². The molecule has 16 heavy (non-hydrogen) atoms. The van der Waals surface area contributed by atoms with Gasteiger partial charge in [0.05, 0.1) is 20.1 Å². The Kier molecular flexibility index (Phi) is 5.46. The van der Waals surface area contributed by atoms with Crippen molar-refractivity contribution < 1.29 is 0 Å². The van der Waals surface area contributed by atoms with Crippen LogP contribution in [0.1, 0.15) is 11.1 Å². The van der Waals surface area contributed by atoms with Crippen molar-refractivity contribution in [2.75, 3.05) is 0 Å². The third kappa shape index (κ3) is 3.49. The zero-order chi connectivity index (χ0) is 12.7. The van der Waals surface area contributed by atoms with Gasteiger partial charge >= 0.3 is 6.00 Å². The average molecular weight is 377 g/mol. The molecule has 0 saturated heterocycles. The first-order valence-electron chi connectivity index (χ1n) is 4.03. The van der Waals surface area contributed by atoms with Gasteiger partial charge in [0.15, 0.2) is 0 Å². The van der Waals surface area contributed by atoms with Crippen LogP contribution in [0.2, 0.25) is 20.1 Å². The highest BCUT2D eigenvalue weighted by Crippen LogP contribution is 2.43. The molecule has 0 aliphatic carbocycles. The Labute approximate surface area is 129 Å². The zero-order valence-corrected chi connectivity index (χ0v) is 14.1. The fourth-order valence-electron chi connectivity index (χ4n) is 1.14. The maximum Gasteiger partial charge on any atom is 0.345 e. The van der Waals surface area contributed by atoms with Crippen molar-refractivity contribution in [3.63, 3.8) is 0 Å². The number of halogens is 7. The molecule has 1 aromatic rings. The fraction of sp³-hybridized carbons (Fsp3) is 0.250. The summed E-state index contributed by atoms with van der Waals surface area (Å²) in [6.45, 7) is 1.72. The average Bonchev–Trinajstić information content (AvgIpc) is 2.17. The van der Waals surface area contributed by atoms with Gasteiger partial charge in [-0.3, -0.25) is 0 Å². The molecule has 0 bridgehead atoms. The van der Waals surface area contributed by atoms with Crippen LogP contribution in [-0.4, -0.2) is 6.00 Å². The number of rotatable bonds is 2. The molecule has 0 aliphatic rings. The minimum atomic E-state index is -2.89. The molecule has 0 saturated carbocycles. The van der Waals surface area contributed by atoms with Crippen LogP contribution < -0.4 is 0 Å². The van der Waals surface area contributed by atoms with Crippen molar-refractivity contribution in [2.45, 2.75) is 13.0 Å². The second-order valence-electron chi connectivity index (χ2n) is 3.15. The van der Waals surface area contributed by atoms with E-state index < -0.39 is 6.00 Å². The van der Waals surface area contributed by atoms with Gasteiger partial charge in [-0.15, -0.1) is 33.2 Å². The summed E-state index contributed by atoms with van der Waals surface area (Å²) < 4.78 is 0. The van der Waals surface area contributed by atoms with Crippen molar-refractivity contribution in [3.05, 3.63) is 31.2 Å². The molecule has 1 rings (SSSR count). The Morgan fingerprint density at radius 1 is 0.812 bits per heavy atom. The molecule has 8 heteroatoms. The van der Waals surface area contributed by atoms with E-state index in [0.717, 1.165) is 0 Å². The van der Waals surface area contributed by atoms with Gasteiger partial charge in [-0.25, -0.2) is 0 Å². The highest BCUT2D eigenvalue weighted by molar-refractivity contribution is 7.64. The van der Waals surface area contributed by atoms with Crippen LogP contribution in [0, 0.1) is 6.92 Å². The molecule has 0 aliphatic heterocycles. The molecule has 0 unspecified atom stereocenters. The molecule has 90 valence electrons. The van der Waals surface area contributed by atoms with Crippen LogP contribution in [0.5, 0.6) is 0 Å². The SMILES string of the molecule is Cc1c(Cl)c(Cl)c(C[Si](Cl)(Cl)Cl)c(Cl)c1Cl. The highest BCUT2D eigenvalue weighted by atomic mass is 35.8. The van der Waals surface area contributed by atoms with Gasteiger partial charge in [0.1, 0.15) is 0 Å². The Bertz CT molecular complexity index is 394. The summed E-state index contributed by atoms with van der Waals surface area (Å²) in [5.41, 5.74) is 1.11. The summed E-state index contributed by atoms with van der Waals surface area (Å²) in [6, 6.07) is -2.72. The van der Waals surface area contributed by atoms with Crippen LogP contribution in [0.3, 0.4) is 0 Å². The second-order valence-corrected chi connectivity index (χ2v) is 13.8. The van der Waals surface area contributed by atoms with E-state index >= 15 is 0 Å². The third-order valence-corrected chi connectivity index (χ3v) is 5.88. The van der Waals surface area contributed by atoms with Crippen molar-refractivity contribution >= 4 is 85.6 Å². The van der Waals surface area contributed by atoms with Crippen LogP contribution in [-0.2, 0) is 6.04 Å². The summed E-state index contributed by atoms with van der Waals surface area (Å²) in [7, 11) is 0. The van der Waals surface area contributed by atoms with E-state index in [1.165, 1.54) is 0 Å². The molecular formula is C8H5Cl7Si. The first-order chi connectivity index (χ1) is 7.15. The fourth-order valence-corrected chi connectivity index (χ4v) is 4.44. The molecule has 0 N–H and O–H groups in total.